The summed E-state index contributed by atoms with van der Waals surface area (Å²) in [7, 11) is -4.00. The van der Waals surface area contributed by atoms with Gasteiger partial charge in [0.15, 0.2) is 0 Å². The van der Waals surface area contributed by atoms with Crippen molar-refractivity contribution in [1.29, 1.82) is 0 Å². The minimum absolute atomic E-state index is 0.0930. The summed E-state index contributed by atoms with van der Waals surface area (Å²) in [5.74, 6) is -0.629. The summed E-state index contributed by atoms with van der Waals surface area (Å²) in [6.45, 7) is 1.22. The van der Waals surface area contributed by atoms with Crippen molar-refractivity contribution >= 4 is 27.4 Å². The van der Waals surface area contributed by atoms with E-state index < -0.39 is 27.7 Å². The van der Waals surface area contributed by atoms with E-state index in [1.807, 2.05) is 4.90 Å². The van der Waals surface area contributed by atoms with E-state index >= 15 is 0 Å². The maximum atomic E-state index is 13.3. The predicted molar refractivity (Wildman–Crippen MR) is 108 cm³/mol. The average Bonchev–Trinajstić information content (AvgIpc) is 3.46. The highest BCUT2D eigenvalue weighted by Crippen LogP contribution is 2.54. The molecule has 0 unspecified atom stereocenters. The van der Waals surface area contributed by atoms with Gasteiger partial charge in [0.2, 0.25) is 10.0 Å². The van der Waals surface area contributed by atoms with Gasteiger partial charge in [-0.15, -0.1) is 0 Å². The molecule has 1 aromatic carbocycles. The van der Waals surface area contributed by atoms with Crippen LogP contribution < -0.4 is 15.4 Å². The smallest absolute Gasteiger partial charge is 0.356 e. The lowest BCUT2D eigenvalue weighted by molar-refractivity contribution is -0.137. The molecule has 166 valence electrons. The van der Waals surface area contributed by atoms with Crippen LogP contribution in [-0.4, -0.2) is 32.4 Å². The number of primary sulfonamides is 1. The summed E-state index contributed by atoms with van der Waals surface area (Å²) in [5.41, 5.74) is -0.813. The van der Waals surface area contributed by atoms with Crippen LogP contribution in [0.3, 0.4) is 0 Å². The van der Waals surface area contributed by atoms with Crippen LogP contribution in [0.2, 0.25) is 0 Å². The molecule has 1 aliphatic carbocycles. The second-order valence-electron chi connectivity index (χ2n) is 8.11. The SMILES string of the molecule is NS(=O)(=O)c1cccc(NC(=O)c2cc(C(F)(F)F)cnc2N2CCC3(CC2)CC3)c1. The zero-order valence-corrected chi connectivity index (χ0v) is 17.3. The van der Waals surface area contributed by atoms with E-state index in [0.29, 0.717) is 18.5 Å². The minimum Gasteiger partial charge on any atom is -0.356 e. The van der Waals surface area contributed by atoms with Crippen molar-refractivity contribution < 1.29 is 26.4 Å². The summed E-state index contributed by atoms with van der Waals surface area (Å²) >= 11 is 0. The number of nitrogens with one attached hydrogen (secondary N) is 1. The summed E-state index contributed by atoms with van der Waals surface area (Å²) in [6, 6.07) is 5.98. The number of halogens is 3. The molecule has 0 atom stereocenters. The standard InChI is InChI=1S/C20H21F3N4O3S/c21-20(22,23)13-10-16(17(25-12-13)27-8-6-19(4-5-19)7-9-27)18(28)26-14-2-1-3-15(11-14)31(24,29)30/h1-3,10-12H,4-9H2,(H,26,28)(H2,24,29,30). The van der Waals surface area contributed by atoms with Crippen molar-refractivity contribution in [3.8, 4) is 0 Å². The highest BCUT2D eigenvalue weighted by molar-refractivity contribution is 7.89. The summed E-state index contributed by atoms with van der Waals surface area (Å²) in [6.07, 6.45) is 0.216. The third kappa shape index (κ3) is 4.67. The molecule has 11 heteroatoms. The quantitative estimate of drug-likeness (QED) is 0.737. The molecule has 2 heterocycles. The first kappa shape index (κ1) is 21.6. The molecule has 0 radical (unpaired) electrons. The second-order valence-corrected chi connectivity index (χ2v) is 9.67. The number of benzene rings is 1. The number of hydrogen-bond acceptors (Lipinski definition) is 5. The fourth-order valence-corrected chi connectivity index (χ4v) is 4.41. The lowest BCUT2D eigenvalue weighted by Crippen LogP contribution is -2.36. The first-order valence-corrected chi connectivity index (χ1v) is 11.3. The van der Waals surface area contributed by atoms with Crippen molar-refractivity contribution in [2.75, 3.05) is 23.3 Å². The Kier molecular flexibility index (Phi) is 5.21. The minimum atomic E-state index is -4.66. The van der Waals surface area contributed by atoms with Crippen LogP contribution in [-0.2, 0) is 16.2 Å². The zero-order valence-electron chi connectivity index (χ0n) is 16.4. The molecule has 1 saturated heterocycles. The highest BCUT2D eigenvalue weighted by atomic mass is 32.2. The van der Waals surface area contributed by atoms with Gasteiger partial charge in [0.1, 0.15) is 5.82 Å². The van der Waals surface area contributed by atoms with Crippen molar-refractivity contribution in [3.05, 3.63) is 47.7 Å². The number of nitrogens with two attached hydrogens (primary N) is 1. The monoisotopic (exact) mass is 454 g/mol. The van der Waals surface area contributed by atoms with Crippen molar-refractivity contribution in [2.24, 2.45) is 10.6 Å². The molecule has 2 aromatic rings. The number of aromatic nitrogens is 1. The maximum absolute atomic E-state index is 13.3. The van der Waals surface area contributed by atoms with E-state index in [0.717, 1.165) is 44.0 Å². The van der Waals surface area contributed by atoms with Gasteiger partial charge < -0.3 is 10.2 Å². The Balaban J connectivity index is 1.65. The molecule has 4 rings (SSSR count). The lowest BCUT2D eigenvalue weighted by Gasteiger charge is -2.34. The number of anilines is 2. The molecule has 2 fully saturated rings. The van der Waals surface area contributed by atoms with Crippen LogP contribution in [0.1, 0.15) is 41.6 Å². The Morgan fingerprint density at radius 2 is 1.81 bits per heavy atom. The number of rotatable bonds is 4. The van der Waals surface area contributed by atoms with Crippen LogP contribution in [0.4, 0.5) is 24.7 Å². The second kappa shape index (κ2) is 7.49. The van der Waals surface area contributed by atoms with Crippen LogP contribution >= 0.6 is 0 Å². The molecule has 1 aromatic heterocycles. The van der Waals surface area contributed by atoms with E-state index in [-0.39, 0.29) is 22.0 Å². The largest absolute Gasteiger partial charge is 0.417 e. The van der Waals surface area contributed by atoms with Gasteiger partial charge in [0.05, 0.1) is 16.0 Å². The normalized spacial score (nSPS) is 18.1. The Labute approximate surface area is 177 Å². The summed E-state index contributed by atoms with van der Waals surface area (Å²) in [4.78, 5) is 18.5. The fraction of sp³-hybridized carbons (Fsp3) is 0.400. The predicted octanol–water partition coefficient (Wildman–Crippen LogP) is 3.38. The molecule has 1 spiro atoms. The van der Waals surface area contributed by atoms with E-state index in [9.17, 15) is 26.4 Å². The highest BCUT2D eigenvalue weighted by Gasteiger charge is 2.45. The van der Waals surface area contributed by atoms with Crippen molar-refractivity contribution in [1.82, 2.24) is 4.98 Å². The molecular weight excluding hydrogens is 433 g/mol. The van der Waals surface area contributed by atoms with Crippen LogP contribution in [0.15, 0.2) is 41.4 Å². The zero-order chi connectivity index (χ0) is 22.4. The summed E-state index contributed by atoms with van der Waals surface area (Å²) in [5, 5.41) is 7.57. The Hall–Kier alpha value is -2.66. The molecular formula is C20H21F3N4O3S. The van der Waals surface area contributed by atoms with Gasteiger partial charge in [-0.25, -0.2) is 18.5 Å². The number of carbonyl (C=O) groups excluding carboxylic acids is 1. The van der Waals surface area contributed by atoms with Crippen LogP contribution in [0.5, 0.6) is 0 Å². The first-order valence-electron chi connectivity index (χ1n) is 9.73. The summed E-state index contributed by atoms with van der Waals surface area (Å²) < 4.78 is 62.9. The van der Waals surface area contributed by atoms with E-state index in [1.165, 1.54) is 18.2 Å². The molecule has 31 heavy (non-hydrogen) atoms. The number of alkyl halides is 3. The molecule has 0 bridgehead atoms. The number of nitrogens with zero attached hydrogens (tertiary/aromatic N) is 2. The van der Waals surface area contributed by atoms with Crippen LogP contribution in [0, 0.1) is 5.41 Å². The molecule has 2 aliphatic rings. The average molecular weight is 454 g/mol. The van der Waals surface area contributed by atoms with E-state index in [2.05, 4.69) is 10.3 Å². The van der Waals surface area contributed by atoms with Gasteiger partial charge >= 0.3 is 6.18 Å². The number of piperidine rings is 1. The third-order valence-electron chi connectivity index (χ3n) is 5.94. The van der Waals surface area contributed by atoms with Crippen molar-refractivity contribution in [3.63, 3.8) is 0 Å². The Morgan fingerprint density at radius 3 is 2.39 bits per heavy atom. The molecule has 7 nitrogen and oxygen atoms in total. The van der Waals surface area contributed by atoms with Gasteiger partial charge in [-0.2, -0.15) is 13.2 Å². The van der Waals surface area contributed by atoms with Crippen molar-refractivity contribution in [2.45, 2.75) is 36.8 Å². The van der Waals surface area contributed by atoms with Gasteiger partial charge in [-0.05, 0) is 55.4 Å². The van der Waals surface area contributed by atoms with Gasteiger partial charge in [0, 0.05) is 25.0 Å². The molecule has 1 aliphatic heterocycles. The third-order valence-corrected chi connectivity index (χ3v) is 6.85. The number of pyridine rings is 1. The fourth-order valence-electron chi connectivity index (χ4n) is 3.85. The topological polar surface area (TPSA) is 105 Å². The van der Waals surface area contributed by atoms with Gasteiger partial charge in [-0.3, -0.25) is 4.79 Å². The van der Waals surface area contributed by atoms with Gasteiger partial charge in [0.25, 0.3) is 5.91 Å². The van der Waals surface area contributed by atoms with Gasteiger partial charge in [-0.1, -0.05) is 6.07 Å². The molecule has 3 N–H and O–H groups in total. The van der Waals surface area contributed by atoms with Crippen LogP contribution in [0.25, 0.3) is 0 Å². The number of hydrogen-bond donors (Lipinski definition) is 2. The van der Waals surface area contributed by atoms with E-state index in [4.69, 9.17) is 5.14 Å². The number of carbonyl (C=O) groups is 1. The molecule has 1 amide bonds. The number of sulfonamides is 1. The number of amides is 1. The first-order chi connectivity index (χ1) is 14.5. The lowest BCUT2D eigenvalue weighted by atomic mass is 9.93. The Morgan fingerprint density at radius 1 is 1.13 bits per heavy atom. The molecule has 1 saturated carbocycles. The maximum Gasteiger partial charge on any atom is 0.417 e. The Bertz CT molecular complexity index is 1120. The van der Waals surface area contributed by atoms with E-state index in [1.54, 1.807) is 0 Å².